The summed E-state index contributed by atoms with van der Waals surface area (Å²) in [6.45, 7) is 7.41. The van der Waals surface area contributed by atoms with Crippen LogP contribution in [0.2, 0.25) is 0 Å². The summed E-state index contributed by atoms with van der Waals surface area (Å²) in [7, 11) is 0. The van der Waals surface area contributed by atoms with Gasteiger partial charge in [-0.25, -0.2) is 0 Å². The number of benzene rings is 1. The van der Waals surface area contributed by atoms with E-state index in [1.807, 2.05) is 0 Å². The molecule has 0 atom stereocenters. The number of hydrogen-bond donors (Lipinski definition) is 1. The average Bonchev–Trinajstić information content (AvgIpc) is 2.38. The van der Waals surface area contributed by atoms with Crippen molar-refractivity contribution >= 4 is 11.4 Å². The van der Waals surface area contributed by atoms with Crippen molar-refractivity contribution < 1.29 is 4.74 Å². The van der Waals surface area contributed by atoms with Crippen LogP contribution in [-0.2, 0) is 4.74 Å². The number of nitrogens with zero attached hydrogens (tertiary/aromatic N) is 1. The molecule has 3 heteroatoms. The highest BCUT2D eigenvalue weighted by Gasteiger charge is 2.33. The van der Waals surface area contributed by atoms with E-state index in [4.69, 9.17) is 4.74 Å². The lowest BCUT2D eigenvalue weighted by Gasteiger charge is -2.46. The van der Waals surface area contributed by atoms with Crippen LogP contribution in [0.1, 0.15) is 26.7 Å². The molecule has 18 heavy (non-hydrogen) atoms. The predicted molar refractivity (Wildman–Crippen MR) is 75.3 cm³/mol. The molecule has 0 bridgehead atoms. The minimum Gasteiger partial charge on any atom is -0.381 e. The minimum atomic E-state index is 0.132. The van der Waals surface area contributed by atoms with Crippen LogP contribution in [0.3, 0.4) is 0 Å². The lowest BCUT2D eigenvalue weighted by molar-refractivity contribution is 0.0835. The van der Waals surface area contributed by atoms with E-state index >= 15 is 0 Å². The molecule has 1 saturated heterocycles. The molecule has 0 unspecified atom stereocenters. The van der Waals surface area contributed by atoms with E-state index in [0.717, 1.165) is 32.6 Å². The van der Waals surface area contributed by atoms with E-state index in [1.165, 1.54) is 11.4 Å². The van der Waals surface area contributed by atoms with Gasteiger partial charge >= 0.3 is 0 Å². The first-order valence-corrected chi connectivity index (χ1v) is 6.87. The number of rotatable bonds is 1. The fraction of sp³-hybridized carbons (Fsp3) is 0.600. The fourth-order valence-corrected chi connectivity index (χ4v) is 3.07. The van der Waals surface area contributed by atoms with Gasteiger partial charge in [-0.1, -0.05) is 12.1 Å². The quantitative estimate of drug-likeness (QED) is 0.824. The molecule has 2 aliphatic heterocycles. The number of nitrogens with one attached hydrogen (secondary N) is 1. The van der Waals surface area contributed by atoms with Crippen LogP contribution in [0.5, 0.6) is 0 Å². The molecule has 0 amide bonds. The molecule has 1 fully saturated rings. The van der Waals surface area contributed by atoms with Crippen LogP contribution in [0.15, 0.2) is 24.3 Å². The number of anilines is 2. The zero-order valence-electron chi connectivity index (χ0n) is 11.3. The first-order valence-electron chi connectivity index (χ1n) is 6.87. The first-order chi connectivity index (χ1) is 8.66. The third-order valence-corrected chi connectivity index (χ3v) is 3.88. The van der Waals surface area contributed by atoms with Crippen molar-refractivity contribution in [2.24, 2.45) is 0 Å². The molecule has 0 aliphatic carbocycles. The Balaban J connectivity index is 1.93. The highest BCUT2D eigenvalue weighted by atomic mass is 16.5. The average molecular weight is 246 g/mol. The van der Waals surface area contributed by atoms with Crippen LogP contribution >= 0.6 is 0 Å². The van der Waals surface area contributed by atoms with Gasteiger partial charge in [-0.05, 0) is 38.8 Å². The SMILES string of the molecule is CC1(C)CN(C2CCOCC2)c2ccccc2N1. The fourth-order valence-electron chi connectivity index (χ4n) is 3.07. The van der Waals surface area contributed by atoms with Crippen molar-refractivity contribution in [2.45, 2.75) is 38.3 Å². The molecule has 3 nitrogen and oxygen atoms in total. The molecule has 0 spiro atoms. The first kappa shape index (κ1) is 11.8. The Morgan fingerprint density at radius 2 is 1.94 bits per heavy atom. The van der Waals surface area contributed by atoms with Crippen molar-refractivity contribution in [2.75, 3.05) is 30.0 Å². The lowest BCUT2D eigenvalue weighted by atomic mass is 9.95. The van der Waals surface area contributed by atoms with Crippen LogP contribution in [-0.4, -0.2) is 31.3 Å². The smallest absolute Gasteiger partial charge is 0.0605 e. The van der Waals surface area contributed by atoms with Crippen molar-refractivity contribution in [1.29, 1.82) is 0 Å². The number of fused-ring (bicyclic) bond motifs is 1. The maximum absolute atomic E-state index is 5.49. The molecule has 2 aliphatic rings. The summed E-state index contributed by atoms with van der Waals surface area (Å²) in [5.41, 5.74) is 2.75. The van der Waals surface area contributed by atoms with E-state index in [2.05, 4.69) is 48.3 Å². The highest BCUT2D eigenvalue weighted by Crippen LogP contribution is 2.36. The summed E-state index contributed by atoms with van der Waals surface area (Å²) in [6, 6.07) is 9.28. The summed E-state index contributed by atoms with van der Waals surface area (Å²) in [5, 5.41) is 3.63. The van der Waals surface area contributed by atoms with Gasteiger partial charge in [0.2, 0.25) is 0 Å². The van der Waals surface area contributed by atoms with Gasteiger partial charge in [-0.3, -0.25) is 0 Å². The summed E-state index contributed by atoms with van der Waals surface area (Å²) in [5.74, 6) is 0. The second-order valence-electron chi connectivity index (χ2n) is 6.00. The molecular formula is C15H22N2O. The Labute approximate surface area is 109 Å². The molecule has 3 rings (SSSR count). The lowest BCUT2D eigenvalue weighted by Crippen LogP contribution is -2.53. The second kappa shape index (κ2) is 4.47. The standard InChI is InChI=1S/C15H22N2O/c1-15(2)11-17(12-7-9-18-10-8-12)14-6-4-3-5-13(14)16-15/h3-6,12,16H,7-11H2,1-2H3. The Morgan fingerprint density at radius 1 is 1.22 bits per heavy atom. The zero-order chi connectivity index (χ0) is 12.6. The van der Waals surface area contributed by atoms with Crippen molar-refractivity contribution in [3.63, 3.8) is 0 Å². The molecule has 0 aromatic heterocycles. The summed E-state index contributed by atoms with van der Waals surface area (Å²) < 4.78 is 5.49. The van der Waals surface area contributed by atoms with E-state index < -0.39 is 0 Å². The number of para-hydroxylation sites is 2. The van der Waals surface area contributed by atoms with Gasteiger partial charge in [-0.15, -0.1) is 0 Å². The van der Waals surface area contributed by atoms with Crippen molar-refractivity contribution in [3.05, 3.63) is 24.3 Å². The Kier molecular flexibility index (Phi) is 2.94. The summed E-state index contributed by atoms with van der Waals surface area (Å²) in [4.78, 5) is 2.58. The minimum absolute atomic E-state index is 0.132. The predicted octanol–water partition coefficient (Wildman–Crippen LogP) is 2.88. The molecule has 2 heterocycles. The summed E-state index contributed by atoms with van der Waals surface area (Å²) >= 11 is 0. The van der Waals surface area contributed by atoms with Gasteiger partial charge in [0, 0.05) is 31.3 Å². The number of hydrogen-bond acceptors (Lipinski definition) is 3. The van der Waals surface area contributed by atoms with E-state index in [0.29, 0.717) is 6.04 Å². The van der Waals surface area contributed by atoms with Gasteiger partial charge in [0.25, 0.3) is 0 Å². The molecule has 1 aromatic carbocycles. The monoisotopic (exact) mass is 246 g/mol. The van der Waals surface area contributed by atoms with E-state index in [1.54, 1.807) is 0 Å². The Hall–Kier alpha value is -1.22. The maximum atomic E-state index is 5.49. The largest absolute Gasteiger partial charge is 0.381 e. The van der Waals surface area contributed by atoms with Gasteiger partial charge in [0.1, 0.15) is 0 Å². The number of ether oxygens (including phenoxy) is 1. The van der Waals surface area contributed by atoms with Crippen LogP contribution < -0.4 is 10.2 Å². The van der Waals surface area contributed by atoms with Crippen molar-refractivity contribution in [3.8, 4) is 0 Å². The topological polar surface area (TPSA) is 24.5 Å². The highest BCUT2D eigenvalue weighted by molar-refractivity contribution is 5.73. The van der Waals surface area contributed by atoms with Gasteiger partial charge in [0.15, 0.2) is 0 Å². The van der Waals surface area contributed by atoms with E-state index in [-0.39, 0.29) is 5.54 Å². The normalized spacial score (nSPS) is 23.3. The molecular weight excluding hydrogens is 224 g/mol. The second-order valence-corrected chi connectivity index (χ2v) is 6.00. The van der Waals surface area contributed by atoms with Crippen LogP contribution in [0, 0.1) is 0 Å². The van der Waals surface area contributed by atoms with E-state index in [9.17, 15) is 0 Å². The zero-order valence-corrected chi connectivity index (χ0v) is 11.3. The molecule has 1 N–H and O–H groups in total. The van der Waals surface area contributed by atoms with Gasteiger partial charge in [0.05, 0.1) is 11.4 Å². The Bertz CT molecular complexity index is 424. The maximum Gasteiger partial charge on any atom is 0.0605 e. The molecule has 98 valence electrons. The molecule has 0 radical (unpaired) electrons. The van der Waals surface area contributed by atoms with Crippen molar-refractivity contribution in [1.82, 2.24) is 0 Å². The van der Waals surface area contributed by atoms with Gasteiger partial charge < -0.3 is 15.0 Å². The summed E-state index contributed by atoms with van der Waals surface area (Å²) in [6.07, 6.45) is 2.29. The third-order valence-electron chi connectivity index (χ3n) is 3.88. The Morgan fingerprint density at radius 3 is 2.72 bits per heavy atom. The van der Waals surface area contributed by atoms with Crippen LogP contribution in [0.4, 0.5) is 11.4 Å². The van der Waals surface area contributed by atoms with Gasteiger partial charge in [-0.2, -0.15) is 0 Å². The third kappa shape index (κ3) is 2.19. The molecule has 0 saturated carbocycles. The molecule has 1 aromatic rings. The van der Waals surface area contributed by atoms with Crippen LogP contribution in [0.25, 0.3) is 0 Å².